The molecule has 14 nitrogen and oxygen atoms in total. The first-order valence-corrected chi connectivity index (χ1v) is 17.5. The predicted octanol–water partition coefficient (Wildman–Crippen LogP) is 5.48. The molecule has 2 aliphatic rings. The van der Waals surface area contributed by atoms with Crippen molar-refractivity contribution in [1.82, 2.24) is 9.80 Å². The zero-order valence-electron chi connectivity index (χ0n) is 32.3. The van der Waals surface area contributed by atoms with Crippen molar-refractivity contribution in [3.8, 4) is 0 Å². The SMILES string of the molecule is CC(C)(C)OC(=O)OC(=O)OC(C)(C)C.COC(=O)C1CN(C(=O)c2ccccc2)CCC1C.COC(=O)C1CN(C(=O)c2ccccc2)CCC1N. The molecule has 4 atom stereocenters. The summed E-state index contributed by atoms with van der Waals surface area (Å²) in [5.74, 6) is -1.05. The molecule has 4 unspecified atom stereocenters. The molecule has 2 aromatic rings. The van der Waals surface area contributed by atoms with E-state index in [4.69, 9.17) is 24.7 Å². The van der Waals surface area contributed by atoms with E-state index in [1.165, 1.54) is 14.2 Å². The van der Waals surface area contributed by atoms with Crippen molar-refractivity contribution < 1.29 is 52.5 Å². The fourth-order valence-electron chi connectivity index (χ4n) is 5.40. The number of likely N-dealkylation sites (tertiary alicyclic amines) is 2. The van der Waals surface area contributed by atoms with Gasteiger partial charge in [-0.15, -0.1) is 0 Å². The van der Waals surface area contributed by atoms with Crippen molar-refractivity contribution >= 4 is 36.1 Å². The van der Waals surface area contributed by atoms with Gasteiger partial charge in [-0.3, -0.25) is 19.2 Å². The van der Waals surface area contributed by atoms with E-state index in [0.717, 1.165) is 6.42 Å². The van der Waals surface area contributed by atoms with Gasteiger partial charge in [0.2, 0.25) is 0 Å². The van der Waals surface area contributed by atoms with Gasteiger partial charge in [0.1, 0.15) is 11.2 Å². The molecule has 0 radical (unpaired) electrons. The Morgan fingerprint density at radius 3 is 1.40 bits per heavy atom. The number of rotatable bonds is 4. The number of amides is 2. The lowest BCUT2D eigenvalue weighted by atomic mass is 9.87. The lowest BCUT2D eigenvalue weighted by molar-refractivity contribution is -0.149. The Morgan fingerprint density at radius 1 is 0.623 bits per heavy atom. The lowest BCUT2D eigenvalue weighted by Crippen LogP contribution is -2.52. The highest BCUT2D eigenvalue weighted by atomic mass is 16.8. The molecule has 2 heterocycles. The first-order valence-electron chi connectivity index (χ1n) is 17.5. The summed E-state index contributed by atoms with van der Waals surface area (Å²) in [5, 5.41) is 0. The summed E-state index contributed by atoms with van der Waals surface area (Å²) in [4.78, 5) is 73.4. The van der Waals surface area contributed by atoms with E-state index in [0.29, 0.717) is 43.7 Å². The average Bonchev–Trinajstić information content (AvgIpc) is 3.10. The third-order valence-electron chi connectivity index (χ3n) is 8.19. The van der Waals surface area contributed by atoms with Crippen molar-refractivity contribution in [2.75, 3.05) is 40.4 Å². The number of nitrogens with zero attached hydrogens (tertiary/aromatic N) is 2. The van der Waals surface area contributed by atoms with Crippen molar-refractivity contribution in [2.24, 2.45) is 23.5 Å². The van der Waals surface area contributed by atoms with E-state index in [1.54, 1.807) is 75.6 Å². The largest absolute Gasteiger partial charge is 0.519 e. The van der Waals surface area contributed by atoms with Crippen LogP contribution in [0.1, 0.15) is 82.0 Å². The van der Waals surface area contributed by atoms with Crippen LogP contribution in [0, 0.1) is 17.8 Å². The van der Waals surface area contributed by atoms with Crippen LogP contribution >= 0.6 is 0 Å². The molecular weight excluding hydrogens is 686 g/mol. The number of methoxy groups -OCH3 is 2. The minimum Gasteiger partial charge on any atom is -0.469 e. The fraction of sp³-hybridized carbons (Fsp3) is 0.538. The van der Waals surface area contributed by atoms with Gasteiger partial charge in [0.05, 0.1) is 26.1 Å². The molecule has 2 N–H and O–H groups in total. The minimum absolute atomic E-state index is 0.0126. The summed E-state index contributed by atoms with van der Waals surface area (Å²) in [5.41, 5.74) is 5.82. The lowest BCUT2D eigenvalue weighted by Gasteiger charge is -2.35. The van der Waals surface area contributed by atoms with Gasteiger partial charge >= 0.3 is 24.2 Å². The Bertz CT molecular complexity index is 1410. The second kappa shape index (κ2) is 20.3. The zero-order chi connectivity index (χ0) is 39.9. The molecule has 53 heavy (non-hydrogen) atoms. The van der Waals surface area contributed by atoms with E-state index in [1.807, 2.05) is 43.3 Å². The maximum absolute atomic E-state index is 12.3. The number of carbonyl (C=O) groups excluding carboxylic acids is 6. The third kappa shape index (κ3) is 15.3. The molecule has 2 aliphatic heterocycles. The normalized spacial score (nSPS) is 19.8. The number of hydrogen-bond donors (Lipinski definition) is 1. The van der Waals surface area contributed by atoms with E-state index in [-0.39, 0.29) is 41.6 Å². The van der Waals surface area contributed by atoms with Crippen LogP contribution in [0.5, 0.6) is 0 Å². The van der Waals surface area contributed by atoms with Gasteiger partial charge in [0.25, 0.3) is 11.8 Å². The maximum atomic E-state index is 12.3. The number of piperidine rings is 2. The first-order chi connectivity index (χ1) is 24.8. The van der Waals surface area contributed by atoms with Crippen LogP contribution in [0.4, 0.5) is 9.59 Å². The molecule has 2 fully saturated rings. The molecule has 4 rings (SSSR count). The Morgan fingerprint density at radius 2 is 1.00 bits per heavy atom. The van der Waals surface area contributed by atoms with Crippen LogP contribution < -0.4 is 5.73 Å². The number of ether oxygens (including phenoxy) is 5. The fourth-order valence-corrected chi connectivity index (χ4v) is 5.40. The standard InChI is InChI=1S/C15H19NO3.C14H18N2O3.C10H18O5/c1-11-8-9-16(10-13(11)15(18)19-2)14(17)12-6-4-3-5-7-12;1-19-14(18)11-9-16(8-7-12(11)15)13(17)10-5-3-2-4-6-10;1-9(2,3)14-7(11)13-8(12)15-10(4,5)6/h3-7,11,13H,8-10H2,1-2H3;2-6,11-12H,7-9,15H2,1H3;1-6H3. The Balaban J connectivity index is 0.000000278. The van der Waals surface area contributed by atoms with E-state index < -0.39 is 29.4 Å². The molecule has 292 valence electrons. The van der Waals surface area contributed by atoms with Gasteiger partial charge in [-0.25, -0.2) is 9.59 Å². The molecule has 0 aromatic heterocycles. The molecule has 14 heteroatoms. The van der Waals surface area contributed by atoms with Gasteiger partial charge < -0.3 is 39.2 Å². The Hall–Kier alpha value is -4.98. The highest BCUT2D eigenvalue weighted by Gasteiger charge is 2.36. The Kier molecular flexibility index (Phi) is 16.9. The second-order valence-electron chi connectivity index (χ2n) is 14.7. The summed E-state index contributed by atoms with van der Waals surface area (Å²) < 4.78 is 23.4. The van der Waals surface area contributed by atoms with E-state index in [9.17, 15) is 28.8 Å². The number of benzene rings is 2. The summed E-state index contributed by atoms with van der Waals surface area (Å²) in [6, 6.07) is 18.0. The quantitative estimate of drug-likeness (QED) is 0.237. The number of esters is 2. The van der Waals surface area contributed by atoms with Gasteiger partial charge in [-0.2, -0.15) is 0 Å². The van der Waals surface area contributed by atoms with Crippen LogP contribution in [0.25, 0.3) is 0 Å². The van der Waals surface area contributed by atoms with Crippen LogP contribution in [-0.4, -0.2) is 104 Å². The highest BCUT2D eigenvalue weighted by molar-refractivity contribution is 5.95. The van der Waals surface area contributed by atoms with Crippen LogP contribution in [0.15, 0.2) is 60.7 Å². The minimum atomic E-state index is -1.06. The van der Waals surface area contributed by atoms with Crippen molar-refractivity contribution in [3.63, 3.8) is 0 Å². The third-order valence-corrected chi connectivity index (χ3v) is 8.19. The molecule has 2 saturated heterocycles. The molecule has 0 bridgehead atoms. The highest BCUT2D eigenvalue weighted by Crippen LogP contribution is 2.25. The Labute approximate surface area is 312 Å². The molecule has 2 aromatic carbocycles. The monoisotopic (exact) mass is 741 g/mol. The summed E-state index contributed by atoms with van der Waals surface area (Å²) in [6.45, 7) is 14.1. The van der Waals surface area contributed by atoms with Crippen molar-refractivity contribution in [3.05, 3.63) is 71.8 Å². The summed E-state index contributed by atoms with van der Waals surface area (Å²) in [7, 11) is 2.74. The smallest absolute Gasteiger partial charge is 0.469 e. The summed E-state index contributed by atoms with van der Waals surface area (Å²) in [6.07, 6.45) is -0.676. The van der Waals surface area contributed by atoms with Crippen LogP contribution in [-0.2, 0) is 33.3 Å². The number of nitrogens with two attached hydrogens (primary N) is 1. The average molecular weight is 742 g/mol. The first kappa shape index (κ1) is 44.2. The molecule has 0 aliphatic carbocycles. The molecular formula is C39H55N3O11. The van der Waals surface area contributed by atoms with Crippen LogP contribution in [0.2, 0.25) is 0 Å². The van der Waals surface area contributed by atoms with Gasteiger partial charge in [0, 0.05) is 43.3 Å². The van der Waals surface area contributed by atoms with Crippen LogP contribution in [0.3, 0.4) is 0 Å². The van der Waals surface area contributed by atoms with Gasteiger partial charge in [-0.05, 0) is 84.6 Å². The second-order valence-corrected chi connectivity index (χ2v) is 14.7. The van der Waals surface area contributed by atoms with Gasteiger partial charge in [-0.1, -0.05) is 43.3 Å². The molecule has 0 saturated carbocycles. The number of carbonyl (C=O) groups is 6. The maximum Gasteiger partial charge on any atom is 0.519 e. The predicted molar refractivity (Wildman–Crippen MR) is 196 cm³/mol. The number of hydrogen-bond acceptors (Lipinski definition) is 12. The van der Waals surface area contributed by atoms with Gasteiger partial charge in [0.15, 0.2) is 0 Å². The summed E-state index contributed by atoms with van der Waals surface area (Å²) >= 11 is 0. The van der Waals surface area contributed by atoms with E-state index in [2.05, 4.69) is 4.74 Å². The zero-order valence-corrected chi connectivity index (χ0v) is 32.3. The van der Waals surface area contributed by atoms with Crippen molar-refractivity contribution in [1.29, 1.82) is 0 Å². The topological polar surface area (TPSA) is 181 Å². The molecule has 0 spiro atoms. The van der Waals surface area contributed by atoms with E-state index >= 15 is 0 Å². The van der Waals surface area contributed by atoms with Crippen molar-refractivity contribution in [2.45, 2.75) is 78.6 Å². The molecule has 2 amide bonds.